The van der Waals surface area contributed by atoms with E-state index in [0.717, 1.165) is 30.5 Å². The van der Waals surface area contributed by atoms with Crippen LogP contribution in [0.2, 0.25) is 0 Å². The first-order valence-corrected chi connectivity index (χ1v) is 13.0. The molecule has 31 heavy (non-hydrogen) atoms. The van der Waals surface area contributed by atoms with E-state index in [1.165, 1.54) is 17.8 Å². The van der Waals surface area contributed by atoms with Crippen LogP contribution < -0.4 is 11.1 Å². The topological polar surface area (TPSA) is 113 Å². The highest BCUT2D eigenvalue weighted by molar-refractivity contribution is 8.13. The van der Waals surface area contributed by atoms with Gasteiger partial charge in [-0.1, -0.05) is 6.07 Å². The highest BCUT2D eigenvalue weighted by Gasteiger charge is 2.56. The molecule has 1 aliphatic carbocycles. The predicted octanol–water partition coefficient (Wildman–Crippen LogP) is 3.43. The third kappa shape index (κ3) is 3.31. The number of nitriles is 1. The zero-order chi connectivity index (χ0) is 21.8. The average molecular weight is 454 g/mol. The highest BCUT2D eigenvalue weighted by Crippen LogP contribution is 2.57. The zero-order valence-electron chi connectivity index (χ0n) is 16.9. The summed E-state index contributed by atoms with van der Waals surface area (Å²) in [6.07, 6.45) is 3.58. The molecule has 2 aromatic carbocycles. The number of fused-ring (bicyclic) bond motifs is 2. The van der Waals surface area contributed by atoms with Crippen LogP contribution in [0, 0.1) is 17.2 Å². The Morgan fingerprint density at radius 3 is 2.74 bits per heavy atom. The summed E-state index contributed by atoms with van der Waals surface area (Å²) in [5.41, 5.74) is 7.99. The van der Waals surface area contributed by atoms with Gasteiger partial charge in [0.1, 0.15) is 4.58 Å². The van der Waals surface area contributed by atoms with Crippen LogP contribution in [0.5, 0.6) is 0 Å². The lowest BCUT2D eigenvalue weighted by atomic mass is 9.70. The maximum Gasteiger partial charge on any atom is 0.248 e. The van der Waals surface area contributed by atoms with Crippen molar-refractivity contribution in [3.63, 3.8) is 0 Å². The van der Waals surface area contributed by atoms with E-state index in [2.05, 4.69) is 5.32 Å². The van der Waals surface area contributed by atoms with Gasteiger partial charge in [0, 0.05) is 22.7 Å². The molecule has 1 saturated carbocycles. The molecule has 1 spiro atoms. The van der Waals surface area contributed by atoms with Gasteiger partial charge < -0.3 is 11.1 Å². The van der Waals surface area contributed by atoms with Crippen LogP contribution in [-0.2, 0) is 15.3 Å². The van der Waals surface area contributed by atoms with Crippen LogP contribution >= 0.6 is 11.8 Å². The number of amides is 1. The number of carbonyl (C=O) groups is 1. The molecule has 2 aliphatic heterocycles. The molecule has 6 nitrogen and oxygen atoms in total. The normalized spacial score (nSPS) is 27.3. The number of thioether (sulfide) groups is 1. The summed E-state index contributed by atoms with van der Waals surface area (Å²) in [5.74, 6) is 0.751. The third-order valence-electron chi connectivity index (χ3n) is 6.86. The van der Waals surface area contributed by atoms with Gasteiger partial charge in [0.05, 0.1) is 16.5 Å². The first kappa shape index (κ1) is 20.4. The van der Waals surface area contributed by atoms with Crippen LogP contribution in [-0.4, -0.2) is 30.7 Å². The summed E-state index contributed by atoms with van der Waals surface area (Å²) in [6, 6.07) is 13.9. The number of hydrogen-bond acceptors (Lipinski definition) is 6. The molecule has 0 bridgehead atoms. The number of anilines is 1. The molecular weight excluding hydrogens is 430 g/mol. The summed E-state index contributed by atoms with van der Waals surface area (Å²) < 4.78 is 26.5. The largest absolute Gasteiger partial charge is 0.381 e. The van der Waals surface area contributed by atoms with Gasteiger partial charge in [-0.15, -0.1) is 11.8 Å². The minimum absolute atomic E-state index is 0.162. The van der Waals surface area contributed by atoms with Crippen molar-refractivity contribution in [1.29, 1.82) is 5.26 Å². The maximum atomic E-state index is 13.5. The van der Waals surface area contributed by atoms with Gasteiger partial charge in [0.25, 0.3) is 0 Å². The summed E-state index contributed by atoms with van der Waals surface area (Å²) in [7, 11) is -3.62. The number of carbonyl (C=O) groups excluding carboxylic acids is 1. The fourth-order valence-electron chi connectivity index (χ4n) is 5.16. The standard InChI is InChI=1S/C23H23N3O3S2/c24-13-14-2-1-3-17(10-14)31(28,29)20-12-23(8-9-30-20)18-11-16(22(25)27)6-7-19(18)26-21(23)15-4-5-15/h1-3,6-7,10-11,15,20-21,26H,4-5,8-9,12H2,(H2,25,27). The maximum absolute atomic E-state index is 13.5. The average Bonchev–Trinajstić information content (AvgIpc) is 3.58. The first-order valence-electron chi connectivity index (χ1n) is 10.4. The molecule has 160 valence electrons. The molecule has 3 N–H and O–H groups in total. The lowest BCUT2D eigenvalue weighted by Crippen LogP contribution is -2.47. The quantitative estimate of drug-likeness (QED) is 0.733. The number of nitrogens with two attached hydrogens (primary N) is 1. The second-order valence-corrected chi connectivity index (χ2v) is 12.4. The fraction of sp³-hybridized carbons (Fsp3) is 0.391. The van der Waals surface area contributed by atoms with Crippen molar-refractivity contribution in [2.75, 3.05) is 11.1 Å². The Bertz CT molecular complexity index is 1220. The van der Waals surface area contributed by atoms with Gasteiger partial charge in [-0.2, -0.15) is 5.26 Å². The van der Waals surface area contributed by atoms with E-state index in [1.807, 2.05) is 18.2 Å². The molecule has 2 aromatic rings. The second kappa shape index (κ2) is 7.28. The van der Waals surface area contributed by atoms with Crippen molar-refractivity contribution in [2.24, 2.45) is 11.7 Å². The number of nitrogens with zero attached hydrogens (tertiary/aromatic N) is 1. The molecule has 2 heterocycles. The molecule has 0 aromatic heterocycles. The molecule has 3 atom stereocenters. The van der Waals surface area contributed by atoms with Gasteiger partial charge >= 0.3 is 0 Å². The Labute approximate surface area is 186 Å². The number of sulfone groups is 1. The lowest BCUT2D eigenvalue weighted by molar-refractivity contribution is 0.1000. The highest BCUT2D eigenvalue weighted by atomic mass is 32.3. The van der Waals surface area contributed by atoms with E-state index in [4.69, 9.17) is 5.73 Å². The van der Waals surface area contributed by atoms with Gasteiger partial charge in [-0.3, -0.25) is 4.79 Å². The number of rotatable bonds is 4. The predicted molar refractivity (Wildman–Crippen MR) is 121 cm³/mol. The van der Waals surface area contributed by atoms with Crippen molar-refractivity contribution in [3.05, 3.63) is 59.2 Å². The molecule has 0 radical (unpaired) electrons. The van der Waals surface area contributed by atoms with Crippen molar-refractivity contribution in [2.45, 2.75) is 46.6 Å². The van der Waals surface area contributed by atoms with E-state index < -0.39 is 20.3 Å². The van der Waals surface area contributed by atoms with E-state index in [1.54, 1.807) is 24.3 Å². The van der Waals surface area contributed by atoms with Crippen LogP contribution in [0.25, 0.3) is 0 Å². The van der Waals surface area contributed by atoms with E-state index in [9.17, 15) is 18.5 Å². The smallest absolute Gasteiger partial charge is 0.248 e. The van der Waals surface area contributed by atoms with Gasteiger partial charge in [-0.05, 0) is 79.3 Å². The Balaban J connectivity index is 1.57. The molecular formula is C23H23N3O3S2. The number of primary amides is 1. The molecule has 2 fully saturated rings. The summed E-state index contributed by atoms with van der Waals surface area (Å²) >= 11 is 1.47. The minimum atomic E-state index is -3.62. The van der Waals surface area contributed by atoms with E-state index >= 15 is 0 Å². The Kier molecular flexibility index (Phi) is 4.79. The summed E-state index contributed by atoms with van der Waals surface area (Å²) in [4.78, 5) is 12.0. The molecule has 3 aliphatic rings. The van der Waals surface area contributed by atoms with E-state index in [0.29, 0.717) is 29.2 Å². The van der Waals surface area contributed by atoms with Crippen molar-refractivity contribution >= 4 is 33.2 Å². The van der Waals surface area contributed by atoms with Crippen LogP contribution in [0.4, 0.5) is 5.69 Å². The summed E-state index contributed by atoms with van der Waals surface area (Å²) in [5, 5.41) is 12.8. The zero-order valence-corrected chi connectivity index (χ0v) is 18.5. The molecule has 3 unspecified atom stereocenters. The Morgan fingerprint density at radius 1 is 1.23 bits per heavy atom. The molecule has 8 heteroatoms. The number of hydrogen-bond donors (Lipinski definition) is 2. The van der Waals surface area contributed by atoms with Gasteiger partial charge in [0.15, 0.2) is 9.84 Å². The molecule has 1 amide bonds. The first-order chi connectivity index (χ1) is 14.8. The van der Waals surface area contributed by atoms with Gasteiger partial charge in [-0.25, -0.2) is 8.42 Å². The number of benzene rings is 2. The monoisotopic (exact) mass is 453 g/mol. The number of nitrogens with one attached hydrogen (secondary N) is 1. The Hall–Kier alpha value is -2.50. The van der Waals surface area contributed by atoms with Gasteiger partial charge in [0.2, 0.25) is 5.91 Å². The SMILES string of the molecule is N#Cc1cccc(S(=O)(=O)C2CC3(CCS2)c2cc(C(N)=O)ccc2NC3C2CC2)c1. The van der Waals surface area contributed by atoms with Crippen molar-refractivity contribution in [1.82, 2.24) is 0 Å². The van der Waals surface area contributed by atoms with Crippen LogP contribution in [0.1, 0.15) is 47.2 Å². The van der Waals surface area contributed by atoms with Crippen LogP contribution in [0.15, 0.2) is 47.4 Å². The summed E-state index contributed by atoms with van der Waals surface area (Å²) in [6.45, 7) is 0. The minimum Gasteiger partial charge on any atom is -0.381 e. The lowest BCUT2D eigenvalue weighted by Gasteiger charge is -2.42. The van der Waals surface area contributed by atoms with Crippen LogP contribution in [0.3, 0.4) is 0 Å². The molecule has 5 rings (SSSR count). The van der Waals surface area contributed by atoms with Crippen molar-refractivity contribution in [3.8, 4) is 6.07 Å². The fourth-order valence-corrected chi connectivity index (χ4v) is 9.04. The third-order valence-corrected chi connectivity index (χ3v) is 10.8. The molecule has 1 saturated heterocycles. The second-order valence-electron chi connectivity index (χ2n) is 8.68. The van der Waals surface area contributed by atoms with E-state index in [-0.39, 0.29) is 16.4 Å². The van der Waals surface area contributed by atoms with Crippen molar-refractivity contribution < 1.29 is 13.2 Å². The Morgan fingerprint density at radius 2 is 2.03 bits per heavy atom.